The lowest BCUT2D eigenvalue weighted by atomic mass is 10.1. The first-order chi connectivity index (χ1) is 14.3. The summed E-state index contributed by atoms with van der Waals surface area (Å²) in [6, 6.07) is 13.2. The van der Waals surface area contributed by atoms with Gasteiger partial charge in [-0.05, 0) is 29.8 Å². The van der Waals surface area contributed by atoms with Crippen LogP contribution in [0.3, 0.4) is 0 Å². The van der Waals surface area contributed by atoms with Gasteiger partial charge in [0.05, 0.1) is 4.91 Å². The van der Waals surface area contributed by atoms with Crippen LogP contribution in [0.2, 0.25) is 10.0 Å². The van der Waals surface area contributed by atoms with E-state index in [0.29, 0.717) is 21.5 Å². The van der Waals surface area contributed by atoms with Gasteiger partial charge in [-0.2, -0.15) is 0 Å². The number of para-hydroxylation sites is 1. The molecule has 1 amide bonds. The van der Waals surface area contributed by atoms with Crippen LogP contribution >= 0.6 is 47.2 Å². The van der Waals surface area contributed by atoms with Gasteiger partial charge in [0, 0.05) is 39.3 Å². The number of carbonyl (C=O) groups excluding carboxylic acids is 1. The number of fused-ring (bicyclic) bond motifs is 1. The van der Waals surface area contributed by atoms with Crippen molar-refractivity contribution >= 4 is 80.4 Å². The summed E-state index contributed by atoms with van der Waals surface area (Å²) in [6.45, 7) is 0.0865. The number of amides is 1. The SMILES string of the molecule is O=C(O)CN1C(=O)/C(=C\c2cn(Cc3ccc(Cl)cc3Cl)c3ccccc23)SC1=S. The van der Waals surface area contributed by atoms with E-state index in [-0.39, 0.29) is 4.32 Å². The van der Waals surface area contributed by atoms with Crippen molar-refractivity contribution in [3.63, 3.8) is 0 Å². The number of halogens is 2. The lowest BCUT2D eigenvalue weighted by Crippen LogP contribution is -2.33. The number of nitrogens with zero attached hydrogens (tertiary/aromatic N) is 2. The first-order valence-corrected chi connectivity index (χ1v) is 10.8. The molecule has 152 valence electrons. The van der Waals surface area contributed by atoms with Crippen molar-refractivity contribution < 1.29 is 14.7 Å². The highest BCUT2D eigenvalue weighted by molar-refractivity contribution is 8.26. The van der Waals surface area contributed by atoms with E-state index in [1.165, 1.54) is 0 Å². The molecule has 0 aliphatic carbocycles. The molecule has 0 radical (unpaired) electrons. The zero-order valence-corrected chi connectivity index (χ0v) is 18.5. The molecular weight excluding hydrogens is 463 g/mol. The Kier molecular flexibility index (Phi) is 5.88. The number of thiocarbonyl (C=S) groups is 1. The summed E-state index contributed by atoms with van der Waals surface area (Å²) in [5, 5.41) is 11.1. The van der Waals surface area contributed by atoms with Gasteiger partial charge in [-0.15, -0.1) is 0 Å². The number of carboxylic acids is 1. The lowest BCUT2D eigenvalue weighted by Gasteiger charge is -2.10. The predicted octanol–water partition coefficient (Wildman–Crippen LogP) is 5.28. The van der Waals surface area contributed by atoms with Crippen molar-refractivity contribution in [2.24, 2.45) is 0 Å². The monoisotopic (exact) mass is 476 g/mol. The van der Waals surface area contributed by atoms with E-state index in [2.05, 4.69) is 0 Å². The Balaban J connectivity index is 1.72. The Hall–Kier alpha value is -2.32. The maximum absolute atomic E-state index is 12.6. The third kappa shape index (κ3) is 4.11. The Morgan fingerprint density at radius 3 is 2.70 bits per heavy atom. The van der Waals surface area contributed by atoms with Crippen molar-refractivity contribution in [1.29, 1.82) is 0 Å². The highest BCUT2D eigenvalue weighted by atomic mass is 35.5. The largest absolute Gasteiger partial charge is 0.480 e. The van der Waals surface area contributed by atoms with Crippen molar-refractivity contribution in [1.82, 2.24) is 9.47 Å². The van der Waals surface area contributed by atoms with Crippen LogP contribution in [-0.4, -0.2) is 37.3 Å². The van der Waals surface area contributed by atoms with Crippen LogP contribution in [-0.2, 0) is 16.1 Å². The van der Waals surface area contributed by atoms with Gasteiger partial charge in [-0.1, -0.05) is 71.4 Å². The quantitative estimate of drug-likeness (QED) is 0.400. The number of thioether (sulfide) groups is 1. The molecule has 0 spiro atoms. The van der Waals surface area contributed by atoms with E-state index >= 15 is 0 Å². The van der Waals surface area contributed by atoms with E-state index in [4.69, 9.17) is 40.5 Å². The lowest BCUT2D eigenvalue weighted by molar-refractivity contribution is -0.140. The Labute approximate surface area is 191 Å². The normalized spacial score (nSPS) is 15.5. The maximum Gasteiger partial charge on any atom is 0.323 e. The number of aliphatic carboxylic acids is 1. The number of rotatable bonds is 5. The second-order valence-electron chi connectivity index (χ2n) is 6.63. The second kappa shape index (κ2) is 8.43. The average molecular weight is 477 g/mol. The minimum Gasteiger partial charge on any atom is -0.480 e. The summed E-state index contributed by atoms with van der Waals surface area (Å²) >= 11 is 18.6. The van der Waals surface area contributed by atoms with Crippen molar-refractivity contribution in [2.75, 3.05) is 6.54 Å². The van der Waals surface area contributed by atoms with E-state index in [1.54, 1.807) is 18.2 Å². The van der Waals surface area contributed by atoms with Crippen molar-refractivity contribution in [3.8, 4) is 0 Å². The summed E-state index contributed by atoms with van der Waals surface area (Å²) in [6.07, 6.45) is 3.70. The van der Waals surface area contributed by atoms with E-state index < -0.39 is 18.4 Å². The van der Waals surface area contributed by atoms with Gasteiger partial charge in [0.15, 0.2) is 0 Å². The molecule has 1 aliphatic rings. The number of hydrogen-bond donors (Lipinski definition) is 1. The summed E-state index contributed by atoms with van der Waals surface area (Å²) in [5.74, 6) is -1.51. The maximum atomic E-state index is 12.6. The summed E-state index contributed by atoms with van der Waals surface area (Å²) in [5.41, 5.74) is 2.74. The first-order valence-electron chi connectivity index (χ1n) is 8.82. The van der Waals surface area contributed by atoms with Crippen LogP contribution in [0.4, 0.5) is 0 Å². The van der Waals surface area contributed by atoms with Crippen LogP contribution in [0.15, 0.2) is 53.6 Å². The van der Waals surface area contributed by atoms with Gasteiger partial charge in [0.1, 0.15) is 10.9 Å². The summed E-state index contributed by atoms with van der Waals surface area (Å²) in [7, 11) is 0. The molecule has 0 bridgehead atoms. The second-order valence-corrected chi connectivity index (χ2v) is 9.15. The molecule has 1 fully saturated rings. The van der Waals surface area contributed by atoms with Crippen LogP contribution < -0.4 is 0 Å². The minimum atomic E-state index is -1.11. The smallest absolute Gasteiger partial charge is 0.323 e. The van der Waals surface area contributed by atoms with Crippen molar-refractivity contribution in [3.05, 3.63) is 74.7 Å². The number of benzene rings is 2. The molecule has 1 N–H and O–H groups in total. The predicted molar refractivity (Wildman–Crippen MR) is 125 cm³/mol. The van der Waals surface area contributed by atoms with Crippen LogP contribution in [0.25, 0.3) is 17.0 Å². The molecule has 2 aromatic carbocycles. The zero-order chi connectivity index (χ0) is 21.4. The first kappa shape index (κ1) is 20.9. The molecule has 2 heterocycles. The Morgan fingerprint density at radius 1 is 1.20 bits per heavy atom. The fourth-order valence-corrected chi connectivity index (χ4v) is 4.98. The Morgan fingerprint density at radius 2 is 1.97 bits per heavy atom. The summed E-state index contributed by atoms with van der Waals surface area (Å²) < 4.78 is 2.29. The molecule has 1 aromatic heterocycles. The molecule has 3 aromatic rings. The number of hydrogen-bond acceptors (Lipinski definition) is 4. The summed E-state index contributed by atoms with van der Waals surface area (Å²) in [4.78, 5) is 25.1. The van der Waals surface area contributed by atoms with E-state index in [9.17, 15) is 9.59 Å². The third-order valence-corrected chi connectivity index (χ3v) is 6.59. The molecule has 30 heavy (non-hydrogen) atoms. The van der Waals surface area contributed by atoms with Gasteiger partial charge >= 0.3 is 5.97 Å². The average Bonchev–Trinajstić information content (AvgIpc) is 3.16. The van der Waals surface area contributed by atoms with E-state index in [1.807, 2.05) is 41.1 Å². The van der Waals surface area contributed by atoms with Gasteiger partial charge in [-0.3, -0.25) is 14.5 Å². The molecule has 1 aliphatic heterocycles. The van der Waals surface area contributed by atoms with Gasteiger partial charge in [-0.25, -0.2) is 0 Å². The zero-order valence-electron chi connectivity index (χ0n) is 15.3. The number of aromatic nitrogens is 1. The van der Waals surface area contributed by atoms with Crippen LogP contribution in [0.5, 0.6) is 0 Å². The fourth-order valence-electron chi connectivity index (χ4n) is 3.27. The number of carbonyl (C=O) groups is 2. The highest BCUT2D eigenvalue weighted by Crippen LogP contribution is 2.34. The molecular formula is C21H14Cl2N2O3S2. The highest BCUT2D eigenvalue weighted by Gasteiger charge is 2.33. The topological polar surface area (TPSA) is 62.5 Å². The molecule has 0 atom stereocenters. The van der Waals surface area contributed by atoms with Crippen molar-refractivity contribution in [2.45, 2.75) is 6.54 Å². The molecule has 1 saturated heterocycles. The molecule has 4 rings (SSSR count). The molecule has 0 unspecified atom stereocenters. The third-order valence-electron chi connectivity index (χ3n) is 4.63. The fraction of sp³-hybridized carbons (Fsp3) is 0.0952. The Bertz CT molecular complexity index is 1240. The van der Waals surface area contributed by atoms with Crippen LogP contribution in [0.1, 0.15) is 11.1 Å². The van der Waals surface area contributed by atoms with Gasteiger partial charge < -0.3 is 9.67 Å². The van der Waals surface area contributed by atoms with Gasteiger partial charge in [0.25, 0.3) is 5.91 Å². The molecule has 0 saturated carbocycles. The molecule has 9 heteroatoms. The van der Waals surface area contributed by atoms with Crippen LogP contribution in [0, 0.1) is 0 Å². The minimum absolute atomic E-state index is 0.241. The van der Waals surface area contributed by atoms with Gasteiger partial charge in [0.2, 0.25) is 0 Å². The number of carboxylic acid groups (broad SMARTS) is 1. The van der Waals surface area contributed by atoms with E-state index in [0.717, 1.165) is 38.7 Å². The standard InChI is InChI=1S/C21H14Cl2N2O3S2/c22-14-6-5-12(16(23)8-14)9-24-10-13(15-3-1-2-4-17(15)24)7-18-20(28)25(11-19(26)27)21(29)30-18/h1-8,10H,9,11H2,(H,26,27)/b18-7+. The molecule has 5 nitrogen and oxygen atoms in total.